The Balaban J connectivity index is 1.17. The Morgan fingerprint density at radius 3 is 2.59 bits per heavy atom. The van der Waals surface area contributed by atoms with Gasteiger partial charge in [-0.15, -0.1) is 5.10 Å². The maximum atomic E-state index is 14.8. The lowest BCUT2D eigenvalue weighted by atomic mass is 9.82. The number of hydrogen-bond donors (Lipinski definition) is 2. The fourth-order valence-electron chi connectivity index (χ4n) is 8.01. The quantitative estimate of drug-likeness (QED) is 0.209. The number of anilines is 2. The molecule has 1 unspecified atom stereocenters. The van der Waals surface area contributed by atoms with Crippen LogP contribution in [0.15, 0.2) is 79.0 Å². The molecule has 0 radical (unpaired) electrons. The summed E-state index contributed by atoms with van der Waals surface area (Å²) in [5.74, 6) is -0.857. The Morgan fingerprint density at radius 1 is 1.08 bits per heavy atom. The molecule has 2 saturated heterocycles. The predicted molar refractivity (Wildman–Crippen MR) is 187 cm³/mol. The Morgan fingerprint density at radius 2 is 1.88 bits per heavy atom. The number of aliphatic hydroxyl groups is 1. The van der Waals surface area contributed by atoms with Gasteiger partial charge in [0.2, 0.25) is 0 Å². The zero-order chi connectivity index (χ0) is 34.5. The Kier molecular flexibility index (Phi) is 8.86. The van der Waals surface area contributed by atoms with E-state index in [9.17, 15) is 19.5 Å². The van der Waals surface area contributed by atoms with Gasteiger partial charge in [-0.1, -0.05) is 66.2 Å². The molecule has 7 rings (SSSR count). The van der Waals surface area contributed by atoms with Gasteiger partial charge in [0, 0.05) is 40.5 Å². The number of benzene rings is 3. The number of rotatable bonds is 10. The maximum absolute atomic E-state index is 14.8. The number of nitrogens with zero attached hydrogens (tertiary/aromatic N) is 5. The van der Waals surface area contributed by atoms with E-state index in [0.717, 1.165) is 11.1 Å². The first kappa shape index (κ1) is 33.4. The molecule has 4 heterocycles. The maximum Gasteiger partial charge on any atom is 0.414 e. The number of ether oxygens (including phenoxy) is 2. The molecule has 1 spiro atoms. The highest BCUT2D eigenvalue weighted by Crippen LogP contribution is 2.60. The summed E-state index contributed by atoms with van der Waals surface area (Å²) in [6, 6.07) is 22.7. The number of fused-ring (bicyclic) bond motifs is 2. The highest BCUT2D eigenvalue weighted by molar-refractivity contribution is 6.71. The third-order valence-electron chi connectivity index (χ3n) is 10.2. The summed E-state index contributed by atoms with van der Waals surface area (Å²) in [4.78, 5) is 42.0. The fourth-order valence-corrected chi connectivity index (χ4v) is 10.8. The minimum atomic E-state index is -2.89. The third kappa shape index (κ3) is 5.95. The molecule has 2 amide bonds. The van der Waals surface area contributed by atoms with Crippen molar-refractivity contribution in [2.45, 2.75) is 62.7 Å². The second-order valence-electron chi connectivity index (χ2n) is 13.7. The summed E-state index contributed by atoms with van der Waals surface area (Å²) in [5.41, 5.74) is 2.95. The molecule has 4 aromatic rings. The van der Waals surface area contributed by atoms with Crippen molar-refractivity contribution in [3.05, 3.63) is 106 Å². The van der Waals surface area contributed by atoms with Gasteiger partial charge in [0.15, 0.2) is 13.9 Å². The average Bonchev–Trinajstić information content (AvgIpc) is 3.84. The van der Waals surface area contributed by atoms with E-state index >= 15 is 0 Å². The number of carbonyl (C=O) groups excluding carboxylic acids is 2. The van der Waals surface area contributed by atoms with Gasteiger partial charge in [-0.3, -0.25) is 14.4 Å². The molecule has 0 bridgehead atoms. The normalized spacial score (nSPS) is 24.2. The van der Waals surface area contributed by atoms with Gasteiger partial charge in [0.1, 0.15) is 6.61 Å². The van der Waals surface area contributed by atoms with Crippen molar-refractivity contribution in [2.24, 2.45) is 5.92 Å². The van der Waals surface area contributed by atoms with Crippen molar-refractivity contribution in [2.75, 3.05) is 29.6 Å². The predicted octanol–water partition coefficient (Wildman–Crippen LogP) is 5.45. The lowest BCUT2D eigenvalue weighted by Crippen LogP contribution is -2.46. The van der Waals surface area contributed by atoms with E-state index in [2.05, 4.69) is 10.3 Å². The van der Waals surface area contributed by atoms with Gasteiger partial charge in [-0.2, -0.15) is 0 Å². The summed E-state index contributed by atoms with van der Waals surface area (Å²) in [7, 11) is -2.89. The molecule has 0 aliphatic carbocycles. The number of aliphatic hydroxyl groups excluding tert-OH is 1. The second-order valence-corrected chi connectivity index (χ2v) is 18.1. The van der Waals surface area contributed by atoms with Crippen molar-refractivity contribution in [3.8, 4) is 0 Å². The van der Waals surface area contributed by atoms with Crippen LogP contribution in [-0.2, 0) is 33.0 Å². The van der Waals surface area contributed by atoms with Crippen LogP contribution < -0.4 is 9.80 Å². The first-order valence-electron chi connectivity index (χ1n) is 16.6. The Hall–Kier alpha value is -4.07. The van der Waals surface area contributed by atoms with Crippen molar-refractivity contribution in [1.82, 2.24) is 15.0 Å². The SMILES string of the molecule is C[C@@H]1[C@@H]([Si](C)(C)O)[C@H](CCn2cc(C(CO)c3ccccc3)nn2)O[C@@]12C(=O)N(Cc1cccc(N3CCOC3=O)c1)c1ccc(Cl)cc12. The van der Waals surface area contributed by atoms with E-state index in [4.69, 9.17) is 21.1 Å². The van der Waals surface area contributed by atoms with Crippen molar-refractivity contribution < 1.29 is 29.0 Å². The molecule has 5 atom stereocenters. The molecule has 1 aromatic heterocycles. The molecule has 11 nitrogen and oxygen atoms in total. The largest absolute Gasteiger partial charge is 0.447 e. The number of hydrogen-bond acceptors (Lipinski definition) is 8. The Bertz CT molecular complexity index is 1870. The van der Waals surface area contributed by atoms with Gasteiger partial charge in [0.05, 0.1) is 43.1 Å². The summed E-state index contributed by atoms with van der Waals surface area (Å²) >= 11 is 6.57. The second kappa shape index (κ2) is 13.0. The molecule has 0 saturated carbocycles. The van der Waals surface area contributed by atoms with E-state index in [1.54, 1.807) is 20.5 Å². The van der Waals surface area contributed by atoms with Crippen LogP contribution >= 0.6 is 11.6 Å². The minimum absolute atomic E-state index is 0.101. The summed E-state index contributed by atoms with van der Waals surface area (Å²) < 4.78 is 13.8. The number of cyclic esters (lactones) is 1. The van der Waals surface area contributed by atoms with Gasteiger partial charge >= 0.3 is 6.09 Å². The van der Waals surface area contributed by atoms with Crippen LogP contribution in [0.2, 0.25) is 23.7 Å². The third-order valence-corrected chi connectivity index (χ3v) is 12.9. The van der Waals surface area contributed by atoms with E-state index < -0.39 is 20.0 Å². The van der Waals surface area contributed by atoms with Crippen LogP contribution in [0.1, 0.15) is 41.6 Å². The monoisotopic (exact) mass is 701 g/mol. The van der Waals surface area contributed by atoms with Crippen molar-refractivity contribution in [1.29, 1.82) is 0 Å². The van der Waals surface area contributed by atoms with Gasteiger partial charge in [-0.05, 0) is 61.0 Å². The lowest BCUT2D eigenvalue weighted by Gasteiger charge is -2.32. The molecule has 3 aliphatic rings. The fraction of sp³-hybridized carbons (Fsp3) is 0.389. The number of aryl methyl sites for hydroxylation is 1. The van der Waals surface area contributed by atoms with Crippen molar-refractivity contribution in [3.63, 3.8) is 0 Å². The molecule has 49 heavy (non-hydrogen) atoms. The average molecular weight is 702 g/mol. The van der Waals surface area contributed by atoms with Crippen molar-refractivity contribution >= 4 is 43.3 Å². The zero-order valence-electron chi connectivity index (χ0n) is 27.7. The highest BCUT2D eigenvalue weighted by atomic mass is 35.5. The van der Waals surface area contributed by atoms with E-state index in [1.165, 1.54) is 0 Å². The van der Waals surface area contributed by atoms with Gasteiger partial charge in [0.25, 0.3) is 5.91 Å². The van der Waals surface area contributed by atoms with Gasteiger partial charge < -0.3 is 24.3 Å². The summed E-state index contributed by atoms with van der Waals surface area (Å²) in [5, 5.41) is 19.4. The molecular weight excluding hydrogens is 662 g/mol. The first-order valence-corrected chi connectivity index (χ1v) is 20.0. The van der Waals surface area contributed by atoms with Crippen LogP contribution in [0.3, 0.4) is 0 Å². The molecular formula is C36H40ClN5O6Si. The highest BCUT2D eigenvalue weighted by Gasteiger charge is 2.66. The molecule has 3 aromatic carbocycles. The topological polar surface area (TPSA) is 130 Å². The van der Waals surface area contributed by atoms with E-state index in [1.807, 2.05) is 92.9 Å². The standard InChI is InChI=1S/C36H40ClN5O6Si/c1-23-33(49(2,3)46)32(14-15-40-21-30(38-39-40)28(22-43)25-9-5-4-6-10-25)48-36(23)29-19-26(37)12-13-31(29)42(34(36)44)20-24-8-7-11-27(18-24)41-16-17-47-35(41)45/h4-13,18-19,21,23,28,32-33,43,46H,14-17,20,22H2,1-3H3/t23-,28?,32+,33-,36+/m1/s1. The van der Waals surface area contributed by atoms with Crippen LogP contribution in [0.25, 0.3) is 0 Å². The van der Waals surface area contributed by atoms with Crippen LogP contribution in [0.5, 0.6) is 0 Å². The van der Waals surface area contributed by atoms with E-state index in [0.29, 0.717) is 53.8 Å². The van der Waals surface area contributed by atoms with Crippen LogP contribution in [0.4, 0.5) is 16.2 Å². The summed E-state index contributed by atoms with van der Waals surface area (Å²) in [6.07, 6.45) is 1.49. The number of amides is 2. The zero-order valence-corrected chi connectivity index (χ0v) is 29.5. The van der Waals surface area contributed by atoms with Crippen LogP contribution in [0, 0.1) is 5.92 Å². The lowest BCUT2D eigenvalue weighted by molar-refractivity contribution is -0.146. The molecule has 3 aliphatic heterocycles. The summed E-state index contributed by atoms with van der Waals surface area (Å²) in [6.45, 7) is 7.20. The molecule has 2 fully saturated rings. The smallest absolute Gasteiger partial charge is 0.414 e. The number of halogens is 1. The molecule has 256 valence electrons. The number of carbonyl (C=O) groups is 2. The van der Waals surface area contributed by atoms with E-state index in [-0.39, 0.29) is 42.5 Å². The minimum Gasteiger partial charge on any atom is -0.447 e. The van der Waals surface area contributed by atoms with Crippen LogP contribution in [-0.4, -0.2) is 71.1 Å². The molecule has 13 heteroatoms. The van der Waals surface area contributed by atoms with Gasteiger partial charge in [-0.25, -0.2) is 4.79 Å². The molecule has 2 N–H and O–H groups in total. The Labute approximate surface area is 291 Å². The first-order chi connectivity index (χ1) is 23.5. The number of aromatic nitrogens is 3.